The number of benzene rings is 1. The number of hydrogen-bond donors (Lipinski definition) is 1. The van der Waals surface area contributed by atoms with Crippen molar-refractivity contribution in [3.05, 3.63) is 35.7 Å². The van der Waals surface area contributed by atoms with Gasteiger partial charge >= 0.3 is 5.97 Å². The topological polar surface area (TPSA) is 40.5 Å². The Kier molecular flexibility index (Phi) is 4.41. The maximum Gasteiger partial charge on any atom is 0.328 e. The van der Waals surface area contributed by atoms with Gasteiger partial charge in [-0.2, -0.15) is 0 Å². The Morgan fingerprint density at radius 2 is 2.25 bits per heavy atom. The van der Waals surface area contributed by atoms with Gasteiger partial charge in [-0.15, -0.1) is 6.42 Å². The van der Waals surface area contributed by atoms with Crippen LogP contribution in [0.1, 0.15) is 18.4 Å². The van der Waals surface area contributed by atoms with Crippen LogP contribution in [0.4, 0.5) is 10.1 Å². The van der Waals surface area contributed by atoms with Crippen LogP contribution in [0.3, 0.4) is 0 Å². The normalized spacial score (nSPS) is 14.2. The van der Waals surface area contributed by atoms with Gasteiger partial charge in [0.1, 0.15) is 5.82 Å². The van der Waals surface area contributed by atoms with Crippen molar-refractivity contribution < 1.29 is 14.3 Å². The Balaban J connectivity index is 2.24. The van der Waals surface area contributed by atoms with Gasteiger partial charge in [0.05, 0.1) is 6.54 Å². The van der Waals surface area contributed by atoms with Gasteiger partial charge in [0.25, 0.3) is 0 Å². The number of rotatable bonds is 6. The predicted octanol–water partition coefficient (Wildman–Crippen LogP) is 2.77. The van der Waals surface area contributed by atoms with Gasteiger partial charge in [-0.05, 0) is 48.6 Å². The van der Waals surface area contributed by atoms with E-state index in [1.165, 1.54) is 31.1 Å². The Morgan fingerprint density at radius 1 is 1.50 bits per heavy atom. The average molecular weight is 273 g/mol. The Hall–Kier alpha value is -2.28. The van der Waals surface area contributed by atoms with Crippen LogP contribution in [0.25, 0.3) is 6.08 Å². The number of carboxylic acid groups (broad SMARTS) is 1. The SMILES string of the molecule is C#CCN(CC1CC1)c1cc(F)cc(/C=C/C(=O)O)c1. The Bertz CT molecular complexity index is 570. The summed E-state index contributed by atoms with van der Waals surface area (Å²) in [7, 11) is 0. The fourth-order valence-electron chi connectivity index (χ4n) is 2.03. The lowest BCUT2D eigenvalue weighted by Crippen LogP contribution is -2.26. The van der Waals surface area contributed by atoms with Crippen molar-refractivity contribution in [1.82, 2.24) is 0 Å². The summed E-state index contributed by atoms with van der Waals surface area (Å²) in [5.74, 6) is 1.75. The molecule has 0 bridgehead atoms. The van der Waals surface area contributed by atoms with Crippen LogP contribution in [0.5, 0.6) is 0 Å². The summed E-state index contributed by atoms with van der Waals surface area (Å²) in [6.07, 6.45) is 10.1. The van der Waals surface area contributed by atoms with E-state index in [2.05, 4.69) is 5.92 Å². The molecule has 3 nitrogen and oxygen atoms in total. The zero-order chi connectivity index (χ0) is 14.5. The van der Waals surface area contributed by atoms with Crippen LogP contribution in [0.15, 0.2) is 24.3 Å². The minimum absolute atomic E-state index is 0.398. The number of nitrogens with zero attached hydrogens (tertiary/aromatic N) is 1. The summed E-state index contributed by atoms with van der Waals surface area (Å²) in [5, 5.41) is 8.62. The molecule has 0 saturated heterocycles. The molecule has 0 amide bonds. The molecule has 2 rings (SSSR count). The minimum atomic E-state index is -1.06. The lowest BCUT2D eigenvalue weighted by atomic mass is 10.1. The molecular weight excluding hydrogens is 257 g/mol. The third kappa shape index (κ3) is 4.13. The fraction of sp³-hybridized carbons (Fsp3) is 0.312. The number of carboxylic acids is 1. The van der Waals surface area contributed by atoms with E-state index in [4.69, 9.17) is 11.5 Å². The highest BCUT2D eigenvalue weighted by Crippen LogP contribution is 2.31. The molecule has 0 spiro atoms. The van der Waals surface area contributed by atoms with E-state index < -0.39 is 11.8 Å². The first-order chi connectivity index (χ1) is 9.58. The van der Waals surface area contributed by atoms with E-state index in [9.17, 15) is 9.18 Å². The molecule has 0 aliphatic heterocycles. The van der Waals surface area contributed by atoms with Gasteiger partial charge in [0.2, 0.25) is 0 Å². The monoisotopic (exact) mass is 273 g/mol. The van der Waals surface area contributed by atoms with E-state index in [-0.39, 0.29) is 0 Å². The summed E-state index contributed by atoms with van der Waals surface area (Å²) in [5.41, 5.74) is 1.21. The molecule has 0 unspecified atom stereocenters. The minimum Gasteiger partial charge on any atom is -0.478 e. The number of anilines is 1. The molecule has 20 heavy (non-hydrogen) atoms. The Morgan fingerprint density at radius 3 is 2.85 bits per heavy atom. The summed E-state index contributed by atoms with van der Waals surface area (Å²) in [6, 6.07) is 4.48. The van der Waals surface area contributed by atoms with E-state index >= 15 is 0 Å². The van der Waals surface area contributed by atoms with Crippen molar-refractivity contribution in [2.24, 2.45) is 5.92 Å². The molecule has 4 heteroatoms. The van der Waals surface area contributed by atoms with E-state index in [1.807, 2.05) is 4.90 Å². The molecule has 104 valence electrons. The molecule has 1 aromatic carbocycles. The average Bonchev–Trinajstić information content (AvgIpc) is 3.19. The zero-order valence-electron chi connectivity index (χ0n) is 11.1. The van der Waals surface area contributed by atoms with Gasteiger partial charge in [0.15, 0.2) is 0 Å². The maximum atomic E-state index is 13.6. The molecule has 1 aliphatic rings. The van der Waals surface area contributed by atoms with Gasteiger partial charge in [-0.3, -0.25) is 0 Å². The predicted molar refractivity (Wildman–Crippen MR) is 76.8 cm³/mol. The fourth-order valence-corrected chi connectivity index (χ4v) is 2.03. The van der Waals surface area contributed by atoms with Crippen LogP contribution in [-0.2, 0) is 4.79 Å². The zero-order valence-corrected chi connectivity index (χ0v) is 11.1. The first-order valence-electron chi connectivity index (χ1n) is 6.48. The Labute approximate surface area is 117 Å². The molecule has 0 radical (unpaired) electrons. The number of halogens is 1. The van der Waals surface area contributed by atoms with Gasteiger partial charge in [-0.25, -0.2) is 9.18 Å². The molecular formula is C16H16FNO2. The second kappa shape index (κ2) is 6.25. The van der Waals surface area contributed by atoms with Crippen molar-refractivity contribution in [3.63, 3.8) is 0 Å². The highest BCUT2D eigenvalue weighted by atomic mass is 19.1. The van der Waals surface area contributed by atoms with Crippen molar-refractivity contribution in [2.75, 3.05) is 18.0 Å². The van der Waals surface area contributed by atoms with Crippen molar-refractivity contribution in [3.8, 4) is 12.3 Å². The van der Waals surface area contributed by atoms with Crippen LogP contribution < -0.4 is 4.90 Å². The van der Waals surface area contributed by atoms with Crippen LogP contribution >= 0.6 is 0 Å². The van der Waals surface area contributed by atoms with Gasteiger partial charge < -0.3 is 10.0 Å². The van der Waals surface area contributed by atoms with Crippen molar-refractivity contribution in [1.29, 1.82) is 0 Å². The molecule has 1 N–H and O–H groups in total. The molecule has 1 saturated carbocycles. The summed E-state index contributed by atoms with van der Waals surface area (Å²) in [4.78, 5) is 12.5. The highest BCUT2D eigenvalue weighted by Gasteiger charge is 2.24. The van der Waals surface area contributed by atoms with E-state index in [0.717, 1.165) is 12.6 Å². The van der Waals surface area contributed by atoms with E-state index in [1.54, 1.807) is 6.07 Å². The van der Waals surface area contributed by atoms with Crippen LogP contribution in [0.2, 0.25) is 0 Å². The van der Waals surface area contributed by atoms with E-state index in [0.29, 0.717) is 23.7 Å². The molecule has 1 fully saturated rings. The lowest BCUT2D eigenvalue weighted by molar-refractivity contribution is -0.131. The van der Waals surface area contributed by atoms with Crippen molar-refractivity contribution >= 4 is 17.7 Å². The number of aliphatic carboxylic acids is 1. The van der Waals surface area contributed by atoms with Crippen LogP contribution in [-0.4, -0.2) is 24.2 Å². The summed E-state index contributed by atoms with van der Waals surface area (Å²) >= 11 is 0. The smallest absolute Gasteiger partial charge is 0.328 e. The molecule has 0 heterocycles. The van der Waals surface area contributed by atoms with Gasteiger partial charge in [-0.1, -0.05) is 5.92 Å². The molecule has 0 aromatic heterocycles. The lowest BCUT2D eigenvalue weighted by Gasteiger charge is -2.22. The first kappa shape index (κ1) is 14.1. The second-order valence-corrected chi connectivity index (χ2v) is 4.94. The standard InChI is InChI=1S/C16H16FNO2/c1-2-7-18(11-12-3-4-12)15-9-13(5-6-16(19)20)8-14(17)10-15/h1,5-6,8-10,12H,3-4,7,11H2,(H,19,20)/b6-5+. The molecule has 0 atom stereocenters. The number of carbonyl (C=O) groups is 1. The first-order valence-corrected chi connectivity index (χ1v) is 6.48. The third-order valence-electron chi connectivity index (χ3n) is 3.15. The molecule has 1 aromatic rings. The maximum absolute atomic E-state index is 13.6. The summed E-state index contributed by atoms with van der Waals surface area (Å²) < 4.78 is 13.6. The molecule has 1 aliphatic carbocycles. The van der Waals surface area contributed by atoms with Crippen molar-refractivity contribution in [2.45, 2.75) is 12.8 Å². The number of hydrogen-bond acceptors (Lipinski definition) is 2. The number of terminal acetylenes is 1. The quantitative estimate of drug-likeness (QED) is 0.640. The highest BCUT2D eigenvalue weighted by molar-refractivity contribution is 5.85. The van der Waals surface area contributed by atoms with Crippen LogP contribution in [0, 0.1) is 24.1 Å². The summed E-state index contributed by atoms with van der Waals surface area (Å²) in [6.45, 7) is 1.23. The largest absolute Gasteiger partial charge is 0.478 e. The van der Waals surface area contributed by atoms with Gasteiger partial charge in [0, 0.05) is 18.3 Å². The third-order valence-corrected chi connectivity index (χ3v) is 3.15. The second-order valence-electron chi connectivity index (χ2n) is 4.94.